The number of ketones is 1. The minimum absolute atomic E-state index is 0.0561. The number of allylic oxidation sites excluding steroid dienone is 1. The molecular weight excluding hydrogens is 180 g/mol. The Morgan fingerprint density at radius 1 is 1.21 bits per heavy atom. The van der Waals surface area contributed by atoms with Crippen molar-refractivity contribution >= 4 is 11.8 Å². The van der Waals surface area contributed by atoms with Crippen LogP contribution in [0.4, 0.5) is 0 Å². The van der Waals surface area contributed by atoms with Gasteiger partial charge in [0.15, 0.2) is 0 Å². The van der Waals surface area contributed by atoms with Crippen molar-refractivity contribution in [3.05, 3.63) is 11.6 Å². The molecule has 0 radical (unpaired) electrons. The van der Waals surface area contributed by atoms with Crippen molar-refractivity contribution in [3.8, 4) is 0 Å². The number of carbonyl (C=O) groups is 2. The lowest BCUT2D eigenvalue weighted by atomic mass is 9.99. The lowest BCUT2D eigenvalue weighted by molar-refractivity contribution is -0.134. The fraction of sp³-hybridized carbons (Fsp3) is 0.636. The summed E-state index contributed by atoms with van der Waals surface area (Å²) in [4.78, 5) is 22.1. The maximum Gasteiger partial charge on any atom is 0.331 e. The Balaban J connectivity index is 2.63. The molecule has 0 amide bonds. The van der Waals surface area contributed by atoms with E-state index in [9.17, 15) is 9.59 Å². The van der Waals surface area contributed by atoms with Crippen LogP contribution in [0.15, 0.2) is 11.6 Å². The fourth-order valence-corrected chi connectivity index (χ4v) is 1.63. The lowest BCUT2D eigenvalue weighted by Gasteiger charge is -2.06. The molecule has 0 fully saturated rings. The molecule has 0 unspecified atom stereocenters. The van der Waals surface area contributed by atoms with E-state index in [1.807, 2.05) is 0 Å². The second-order valence-corrected chi connectivity index (χ2v) is 3.70. The summed E-state index contributed by atoms with van der Waals surface area (Å²) in [6, 6.07) is 0. The van der Waals surface area contributed by atoms with Gasteiger partial charge in [-0.25, -0.2) is 4.79 Å². The van der Waals surface area contributed by atoms with E-state index in [0.29, 0.717) is 6.42 Å². The van der Waals surface area contributed by atoms with E-state index < -0.39 is 5.97 Å². The summed E-state index contributed by atoms with van der Waals surface area (Å²) in [5, 5.41) is 8.81. The normalized spacial score (nSPS) is 23.7. The molecule has 3 nitrogen and oxygen atoms in total. The minimum Gasteiger partial charge on any atom is -0.478 e. The molecule has 0 aromatic carbocycles. The van der Waals surface area contributed by atoms with Crippen molar-refractivity contribution in [1.82, 2.24) is 0 Å². The Kier molecular flexibility index (Phi) is 4.36. The van der Waals surface area contributed by atoms with Crippen LogP contribution in [0.5, 0.6) is 0 Å². The molecule has 0 aromatic rings. The van der Waals surface area contributed by atoms with Gasteiger partial charge in [0.05, 0.1) is 0 Å². The zero-order chi connectivity index (χ0) is 10.4. The standard InChI is InChI=1S/C11H16O3/c12-10-7-5-3-1-2-4-6-9(8-10)11(13)14/h6H,1-5,7-8H2,(H,13,14)/b9-6+. The summed E-state index contributed by atoms with van der Waals surface area (Å²) in [5.41, 5.74) is 0.275. The minimum atomic E-state index is -0.945. The molecule has 1 aliphatic carbocycles. The maximum absolute atomic E-state index is 11.3. The Labute approximate surface area is 83.8 Å². The van der Waals surface area contributed by atoms with Crippen molar-refractivity contribution in [2.45, 2.75) is 44.9 Å². The Morgan fingerprint density at radius 2 is 1.93 bits per heavy atom. The average molecular weight is 196 g/mol. The first-order valence-corrected chi connectivity index (χ1v) is 5.14. The highest BCUT2D eigenvalue weighted by Gasteiger charge is 2.12. The zero-order valence-electron chi connectivity index (χ0n) is 8.29. The summed E-state index contributed by atoms with van der Waals surface area (Å²) in [6.07, 6.45) is 7.25. The average Bonchev–Trinajstić information content (AvgIpc) is 2.15. The maximum atomic E-state index is 11.3. The quantitative estimate of drug-likeness (QED) is 0.700. The Morgan fingerprint density at radius 3 is 2.64 bits per heavy atom. The van der Waals surface area contributed by atoms with Gasteiger partial charge in [0.1, 0.15) is 5.78 Å². The van der Waals surface area contributed by atoms with Gasteiger partial charge in [-0.3, -0.25) is 4.79 Å². The van der Waals surface area contributed by atoms with E-state index in [1.54, 1.807) is 6.08 Å². The predicted octanol–water partition coefficient (Wildman–Crippen LogP) is 2.31. The van der Waals surface area contributed by atoms with Crippen LogP contribution < -0.4 is 0 Å². The molecule has 3 heteroatoms. The molecule has 1 rings (SSSR count). The van der Waals surface area contributed by atoms with Gasteiger partial charge in [-0.1, -0.05) is 18.9 Å². The summed E-state index contributed by atoms with van der Waals surface area (Å²) in [7, 11) is 0. The molecule has 0 heterocycles. The van der Waals surface area contributed by atoms with Gasteiger partial charge in [0, 0.05) is 18.4 Å². The van der Waals surface area contributed by atoms with E-state index in [-0.39, 0.29) is 17.8 Å². The van der Waals surface area contributed by atoms with Gasteiger partial charge in [-0.2, -0.15) is 0 Å². The number of rotatable bonds is 1. The first kappa shape index (κ1) is 11.0. The molecule has 1 aliphatic rings. The fourth-order valence-electron chi connectivity index (χ4n) is 1.63. The van der Waals surface area contributed by atoms with E-state index in [4.69, 9.17) is 5.11 Å². The van der Waals surface area contributed by atoms with Gasteiger partial charge in [-0.15, -0.1) is 0 Å². The third-order valence-electron chi connectivity index (χ3n) is 2.46. The van der Waals surface area contributed by atoms with Crippen LogP contribution in [-0.2, 0) is 9.59 Å². The zero-order valence-corrected chi connectivity index (χ0v) is 8.29. The number of hydrogen-bond donors (Lipinski definition) is 1. The third kappa shape index (κ3) is 3.73. The third-order valence-corrected chi connectivity index (χ3v) is 2.46. The highest BCUT2D eigenvalue weighted by molar-refractivity contribution is 5.94. The van der Waals surface area contributed by atoms with Crippen LogP contribution in [0.25, 0.3) is 0 Å². The smallest absolute Gasteiger partial charge is 0.331 e. The SMILES string of the molecule is O=C1CCCCCC/C=C(/C(=O)O)C1. The second kappa shape index (κ2) is 5.58. The molecule has 0 atom stereocenters. The van der Waals surface area contributed by atoms with Crippen molar-refractivity contribution in [3.63, 3.8) is 0 Å². The van der Waals surface area contributed by atoms with Crippen LogP contribution in [-0.4, -0.2) is 16.9 Å². The molecule has 0 saturated heterocycles. The summed E-state index contributed by atoms with van der Waals surface area (Å²) in [5.74, 6) is -0.889. The Bertz CT molecular complexity index is 253. The number of aliphatic carboxylic acids is 1. The van der Waals surface area contributed by atoms with Gasteiger partial charge < -0.3 is 5.11 Å². The number of carboxylic acid groups (broad SMARTS) is 1. The number of carbonyl (C=O) groups excluding carboxylic acids is 1. The van der Waals surface area contributed by atoms with E-state index in [1.165, 1.54) is 0 Å². The van der Waals surface area contributed by atoms with Gasteiger partial charge in [0.25, 0.3) is 0 Å². The topological polar surface area (TPSA) is 54.4 Å². The van der Waals surface area contributed by atoms with E-state index >= 15 is 0 Å². The van der Waals surface area contributed by atoms with Crippen LogP contribution in [0.2, 0.25) is 0 Å². The number of carboxylic acids is 1. The molecule has 0 saturated carbocycles. The first-order valence-electron chi connectivity index (χ1n) is 5.14. The molecule has 0 aliphatic heterocycles. The van der Waals surface area contributed by atoms with Crippen molar-refractivity contribution in [2.75, 3.05) is 0 Å². The highest BCUT2D eigenvalue weighted by atomic mass is 16.4. The Hall–Kier alpha value is -1.12. The predicted molar refractivity (Wildman–Crippen MR) is 53.0 cm³/mol. The summed E-state index contributed by atoms with van der Waals surface area (Å²) in [6.45, 7) is 0. The van der Waals surface area contributed by atoms with Crippen LogP contribution in [0, 0.1) is 0 Å². The van der Waals surface area contributed by atoms with Crippen LogP contribution >= 0.6 is 0 Å². The molecule has 1 N–H and O–H groups in total. The second-order valence-electron chi connectivity index (χ2n) is 3.70. The first-order chi connectivity index (χ1) is 6.70. The van der Waals surface area contributed by atoms with E-state index in [0.717, 1.165) is 32.1 Å². The van der Waals surface area contributed by atoms with Gasteiger partial charge in [-0.05, 0) is 19.3 Å². The summed E-state index contributed by atoms with van der Waals surface area (Å²) < 4.78 is 0. The van der Waals surface area contributed by atoms with Gasteiger partial charge >= 0.3 is 5.97 Å². The summed E-state index contributed by atoms with van der Waals surface area (Å²) >= 11 is 0. The molecule has 0 aromatic heterocycles. The van der Waals surface area contributed by atoms with Crippen molar-refractivity contribution < 1.29 is 14.7 Å². The van der Waals surface area contributed by atoms with Crippen LogP contribution in [0.3, 0.4) is 0 Å². The van der Waals surface area contributed by atoms with Gasteiger partial charge in [0.2, 0.25) is 0 Å². The van der Waals surface area contributed by atoms with Crippen molar-refractivity contribution in [1.29, 1.82) is 0 Å². The largest absolute Gasteiger partial charge is 0.478 e. The van der Waals surface area contributed by atoms with Crippen LogP contribution in [0.1, 0.15) is 44.9 Å². The molecule has 78 valence electrons. The van der Waals surface area contributed by atoms with E-state index in [2.05, 4.69) is 0 Å². The van der Waals surface area contributed by atoms with Crippen molar-refractivity contribution in [2.24, 2.45) is 0 Å². The molecular formula is C11H16O3. The lowest BCUT2D eigenvalue weighted by Crippen LogP contribution is -2.08. The number of Topliss-reactive ketones (excluding diaryl/α,β-unsaturated/α-hetero) is 1. The molecule has 0 spiro atoms. The highest BCUT2D eigenvalue weighted by Crippen LogP contribution is 2.14. The number of hydrogen-bond acceptors (Lipinski definition) is 2. The molecule has 0 bridgehead atoms. The monoisotopic (exact) mass is 196 g/mol. The molecule has 14 heavy (non-hydrogen) atoms.